The molecular formula is C32H31Cl2FN2O5. The molecule has 2 aliphatic rings. The maximum absolute atomic E-state index is 16.0. The number of carbonyl (C=O) groups is 3. The number of Topliss-reactive ketones (excluding diaryl/α,β-unsaturated/α-hetero) is 1. The summed E-state index contributed by atoms with van der Waals surface area (Å²) in [5, 5.41) is 13.1. The minimum absolute atomic E-state index is 0.0436. The average Bonchev–Trinajstić information content (AvgIpc) is 3.16. The fraction of sp³-hybridized carbons (Fsp3) is 0.344. The van der Waals surface area contributed by atoms with Gasteiger partial charge in [0.25, 0.3) is 5.91 Å². The van der Waals surface area contributed by atoms with E-state index in [2.05, 4.69) is 0 Å². The van der Waals surface area contributed by atoms with Crippen molar-refractivity contribution in [3.05, 3.63) is 104 Å². The number of fused-ring (bicyclic) bond motifs is 1. The molecule has 1 N–H and O–H groups in total. The molecule has 5 rings (SSSR count). The maximum atomic E-state index is 16.0. The van der Waals surface area contributed by atoms with Crippen LogP contribution in [0.2, 0.25) is 10.0 Å². The van der Waals surface area contributed by atoms with Crippen molar-refractivity contribution in [2.45, 2.75) is 51.5 Å². The average molecular weight is 614 g/mol. The Hall–Kier alpha value is -3.46. The standard InChI is InChI=1S/C32H31Cl2FN2O5/c1-31(2,3)42-30(40)36-14-12-20(13-15-36)28(38)21-16-25-27(26(35)17-21)32(41,22-6-10-24(34)11-7-22)37(29(25)39)18-19-4-8-23(33)9-5-19/h4-11,16-17,20,41H,12-15,18H2,1-3H3. The van der Waals surface area contributed by atoms with Gasteiger partial charge >= 0.3 is 6.09 Å². The molecule has 1 saturated heterocycles. The molecule has 1 unspecified atom stereocenters. The highest BCUT2D eigenvalue weighted by Gasteiger charge is 2.52. The predicted octanol–water partition coefficient (Wildman–Crippen LogP) is 6.81. The van der Waals surface area contributed by atoms with Gasteiger partial charge in [0.1, 0.15) is 11.4 Å². The lowest BCUT2D eigenvalue weighted by Crippen LogP contribution is -2.44. The van der Waals surface area contributed by atoms with Gasteiger partial charge < -0.3 is 14.7 Å². The van der Waals surface area contributed by atoms with E-state index >= 15 is 4.39 Å². The second-order valence-electron chi connectivity index (χ2n) is 11.7. The van der Waals surface area contributed by atoms with Gasteiger partial charge in [0.15, 0.2) is 11.5 Å². The Bertz CT molecular complexity index is 1530. The lowest BCUT2D eigenvalue weighted by molar-refractivity contribution is -0.0562. The third kappa shape index (κ3) is 5.76. The van der Waals surface area contributed by atoms with E-state index in [1.54, 1.807) is 62.1 Å². The van der Waals surface area contributed by atoms with Gasteiger partial charge in [-0.15, -0.1) is 0 Å². The predicted molar refractivity (Wildman–Crippen MR) is 157 cm³/mol. The minimum Gasteiger partial charge on any atom is -0.444 e. The molecule has 220 valence electrons. The van der Waals surface area contributed by atoms with E-state index in [0.717, 1.165) is 6.07 Å². The van der Waals surface area contributed by atoms with Crippen LogP contribution < -0.4 is 0 Å². The van der Waals surface area contributed by atoms with E-state index in [9.17, 15) is 19.5 Å². The maximum Gasteiger partial charge on any atom is 0.410 e. The monoisotopic (exact) mass is 612 g/mol. The van der Waals surface area contributed by atoms with Crippen molar-refractivity contribution in [1.82, 2.24) is 9.80 Å². The molecule has 3 aromatic rings. The molecule has 42 heavy (non-hydrogen) atoms. The number of ketones is 1. The van der Waals surface area contributed by atoms with Crippen LogP contribution in [-0.2, 0) is 17.0 Å². The molecule has 7 nitrogen and oxygen atoms in total. The Morgan fingerprint density at radius 1 is 1.00 bits per heavy atom. The van der Waals surface area contributed by atoms with Crippen LogP contribution in [0.15, 0.2) is 60.7 Å². The molecule has 10 heteroatoms. The molecule has 0 saturated carbocycles. The molecule has 2 amide bonds. The molecule has 0 bridgehead atoms. The van der Waals surface area contributed by atoms with Gasteiger partial charge in [0.05, 0.1) is 11.1 Å². The normalized spacial score (nSPS) is 19.2. The number of likely N-dealkylation sites (tertiary alicyclic amines) is 1. The number of aliphatic hydroxyl groups is 1. The third-order valence-electron chi connectivity index (χ3n) is 7.61. The Morgan fingerprint density at radius 3 is 2.14 bits per heavy atom. The van der Waals surface area contributed by atoms with Crippen molar-refractivity contribution in [2.75, 3.05) is 13.1 Å². The van der Waals surface area contributed by atoms with Gasteiger partial charge in [0, 0.05) is 46.7 Å². The summed E-state index contributed by atoms with van der Waals surface area (Å²) in [6.07, 6.45) is 0.314. The fourth-order valence-corrected chi connectivity index (χ4v) is 5.78. The number of rotatable bonds is 5. The van der Waals surface area contributed by atoms with Crippen molar-refractivity contribution in [3.63, 3.8) is 0 Å². The quantitative estimate of drug-likeness (QED) is 0.320. The van der Waals surface area contributed by atoms with E-state index in [1.165, 1.54) is 23.1 Å². The second-order valence-corrected chi connectivity index (χ2v) is 12.6. The molecule has 0 spiro atoms. The van der Waals surface area contributed by atoms with Crippen LogP contribution >= 0.6 is 23.2 Å². The largest absolute Gasteiger partial charge is 0.444 e. The van der Waals surface area contributed by atoms with Crippen molar-refractivity contribution in [3.8, 4) is 0 Å². The zero-order valence-electron chi connectivity index (χ0n) is 23.5. The molecular weight excluding hydrogens is 582 g/mol. The van der Waals surface area contributed by atoms with Gasteiger partial charge in [-0.1, -0.05) is 47.5 Å². The summed E-state index contributed by atoms with van der Waals surface area (Å²) in [5.74, 6) is -2.27. The Morgan fingerprint density at radius 2 is 1.57 bits per heavy atom. The van der Waals surface area contributed by atoms with Crippen LogP contribution in [0.3, 0.4) is 0 Å². The number of hydrogen-bond acceptors (Lipinski definition) is 5. The van der Waals surface area contributed by atoms with Crippen LogP contribution in [0.5, 0.6) is 0 Å². The number of hydrogen-bond donors (Lipinski definition) is 1. The van der Waals surface area contributed by atoms with Gasteiger partial charge in [-0.3, -0.25) is 14.5 Å². The first-order valence-corrected chi connectivity index (χ1v) is 14.4. The van der Waals surface area contributed by atoms with E-state index in [0.29, 0.717) is 41.5 Å². The van der Waals surface area contributed by atoms with Gasteiger partial charge in [0.2, 0.25) is 0 Å². The van der Waals surface area contributed by atoms with Crippen LogP contribution in [0.4, 0.5) is 9.18 Å². The Kier molecular flexibility index (Phi) is 8.09. The fourth-order valence-electron chi connectivity index (χ4n) is 5.53. The molecule has 0 radical (unpaired) electrons. The van der Waals surface area contributed by atoms with E-state index in [-0.39, 0.29) is 34.6 Å². The SMILES string of the molecule is CC(C)(C)OC(=O)N1CCC(C(=O)c2cc(F)c3c(c2)C(=O)N(Cc2ccc(Cl)cc2)C3(O)c2ccc(Cl)cc2)CC1. The van der Waals surface area contributed by atoms with Crippen LogP contribution in [-0.4, -0.2) is 51.4 Å². The first-order chi connectivity index (χ1) is 19.8. The summed E-state index contributed by atoms with van der Waals surface area (Å²) in [6.45, 7) is 5.96. The first-order valence-electron chi connectivity index (χ1n) is 13.7. The topological polar surface area (TPSA) is 87.2 Å². The summed E-state index contributed by atoms with van der Waals surface area (Å²) in [5.41, 5.74) is -2.13. The molecule has 2 heterocycles. The second kappa shape index (κ2) is 11.3. The Balaban J connectivity index is 1.46. The number of carbonyl (C=O) groups excluding carboxylic acids is 3. The van der Waals surface area contributed by atoms with Gasteiger partial charge in [-0.05, 0) is 75.6 Å². The zero-order valence-corrected chi connectivity index (χ0v) is 25.0. The smallest absolute Gasteiger partial charge is 0.410 e. The molecule has 1 atom stereocenters. The molecule has 3 aromatic carbocycles. The van der Waals surface area contributed by atoms with E-state index in [4.69, 9.17) is 27.9 Å². The lowest BCUT2D eigenvalue weighted by Gasteiger charge is -2.35. The summed E-state index contributed by atoms with van der Waals surface area (Å²) >= 11 is 12.1. The first kappa shape index (κ1) is 30.0. The third-order valence-corrected chi connectivity index (χ3v) is 8.11. The van der Waals surface area contributed by atoms with Crippen LogP contribution in [0, 0.1) is 11.7 Å². The van der Waals surface area contributed by atoms with Crippen molar-refractivity contribution in [2.24, 2.45) is 5.92 Å². The Labute approximate surface area is 253 Å². The summed E-state index contributed by atoms with van der Waals surface area (Å²) in [6, 6.07) is 15.4. The van der Waals surface area contributed by atoms with Crippen LogP contribution in [0.1, 0.15) is 71.0 Å². The highest BCUT2D eigenvalue weighted by atomic mass is 35.5. The highest BCUT2D eigenvalue weighted by Crippen LogP contribution is 2.45. The number of halogens is 3. The molecule has 2 aliphatic heterocycles. The van der Waals surface area contributed by atoms with Crippen LogP contribution in [0.25, 0.3) is 0 Å². The molecule has 0 aromatic heterocycles. The number of benzene rings is 3. The van der Waals surface area contributed by atoms with Gasteiger partial charge in [-0.25, -0.2) is 9.18 Å². The number of piperidine rings is 1. The highest BCUT2D eigenvalue weighted by molar-refractivity contribution is 6.30. The van der Waals surface area contributed by atoms with E-state index in [1.807, 2.05) is 0 Å². The molecule has 1 fully saturated rings. The molecule has 0 aliphatic carbocycles. The zero-order chi connectivity index (χ0) is 30.4. The summed E-state index contributed by atoms with van der Waals surface area (Å²) in [7, 11) is 0. The summed E-state index contributed by atoms with van der Waals surface area (Å²) < 4.78 is 21.4. The number of amides is 2. The number of ether oxygens (including phenoxy) is 1. The minimum atomic E-state index is -2.15. The van der Waals surface area contributed by atoms with Crippen molar-refractivity contribution in [1.29, 1.82) is 0 Å². The van der Waals surface area contributed by atoms with Gasteiger partial charge in [-0.2, -0.15) is 0 Å². The summed E-state index contributed by atoms with van der Waals surface area (Å²) in [4.78, 5) is 42.5. The van der Waals surface area contributed by atoms with Crippen molar-refractivity contribution >= 4 is 41.0 Å². The lowest BCUT2D eigenvalue weighted by atomic mass is 9.86. The van der Waals surface area contributed by atoms with Crippen molar-refractivity contribution < 1.29 is 28.6 Å². The van der Waals surface area contributed by atoms with E-state index < -0.39 is 35.1 Å². The number of nitrogens with zero attached hydrogens (tertiary/aromatic N) is 2.